The standard InChI is InChI=1S/C21H17ClN2O5S2/c22-8-3-1-7(2-4-8)12-13-9-5-10(16(13)30-18-17(12)31-21(29)23-18)15-14(9)19(27)24(20(15)28)6-11(25)26/h1-4,9-10,12-16H,5-6H2,(H,23,29)(H,25,26)/t9-,10-,12-,13+,14+,15-,16-/m1/s1. The molecule has 2 aliphatic carbocycles. The molecule has 160 valence electrons. The van der Waals surface area contributed by atoms with Gasteiger partial charge < -0.3 is 10.1 Å². The van der Waals surface area contributed by atoms with Crippen molar-refractivity contribution >= 4 is 52.5 Å². The third-order valence-corrected chi connectivity index (χ3v) is 10.2. The van der Waals surface area contributed by atoms with Gasteiger partial charge in [0.1, 0.15) is 6.54 Å². The number of carbonyl (C=O) groups excluding carboxylic acids is 2. The van der Waals surface area contributed by atoms with Crippen LogP contribution in [0.1, 0.15) is 22.8 Å². The number of imide groups is 1. The molecule has 2 aliphatic heterocycles. The summed E-state index contributed by atoms with van der Waals surface area (Å²) >= 11 is 8.92. The van der Waals surface area contributed by atoms with Crippen LogP contribution in [-0.2, 0) is 14.4 Å². The number of thiazole rings is 1. The van der Waals surface area contributed by atoms with E-state index in [2.05, 4.69) is 4.98 Å². The minimum absolute atomic E-state index is 0.00778. The van der Waals surface area contributed by atoms with Crippen LogP contribution in [0.2, 0.25) is 5.02 Å². The lowest BCUT2D eigenvalue weighted by Gasteiger charge is -2.43. The highest BCUT2D eigenvalue weighted by Crippen LogP contribution is 2.68. The number of nitrogens with zero attached hydrogens (tertiary/aromatic N) is 1. The van der Waals surface area contributed by atoms with Gasteiger partial charge in [-0.25, -0.2) is 0 Å². The Morgan fingerprint density at radius 1 is 1.13 bits per heavy atom. The van der Waals surface area contributed by atoms with Crippen LogP contribution in [-0.4, -0.2) is 44.6 Å². The molecule has 1 aromatic carbocycles. The second kappa shape index (κ2) is 6.70. The predicted molar refractivity (Wildman–Crippen MR) is 114 cm³/mol. The van der Waals surface area contributed by atoms with Gasteiger partial charge in [-0.05, 0) is 41.9 Å². The number of hydrogen-bond acceptors (Lipinski definition) is 6. The number of nitrogens with one attached hydrogen (secondary N) is 1. The van der Waals surface area contributed by atoms with E-state index in [0.29, 0.717) is 5.02 Å². The summed E-state index contributed by atoms with van der Waals surface area (Å²) in [6.07, 6.45) is 0.777. The van der Waals surface area contributed by atoms with Crippen molar-refractivity contribution in [1.82, 2.24) is 9.88 Å². The molecule has 2 saturated carbocycles. The number of rotatable bonds is 3. The number of carboxylic acids is 1. The van der Waals surface area contributed by atoms with Crippen molar-refractivity contribution in [3.8, 4) is 0 Å². The monoisotopic (exact) mass is 476 g/mol. The number of likely N-dealkylation sites (tertiary alicyclic amines) is 1. The number of amides is 2. The second-order valence-corrected chi connectivity index (χ2v) is 11.3. The summed E-state index contributed by atoms with van der Waals surface area (Å²) in [7, 11) is 0. The van der Waals surface area contributed by atoms with E-state index in [0.717, 1.165) is 26.8 Å². The number of aliphatic carboxylic acids is 1. The van der Waals surface area contributed by atoms with Crippen LogP contribution in [0.5, 0.6) is 0 Å². The molecule has 2 aromatic rings. The Morgan fingerprint density at radius 3 is 2.48 bits per heavy atom. The molecular formula is C21H17ClN2O5S2. The van der Waals surface area contributed by atoms with Crippen LogP contribution in [0.4, 0.5) is 0 Å². The van der Waals surface area contributed by atoms with Gasteiger partial charge in [-0.1, -0.05) is 35.1 Å². The first-order chi connectivity index (χ1) is 14.8. The largest absolute Gasteiger partial charge is 0.480 e. The Kier molecular flexibility index (Phi) is 4.23. The summed E-state index contributed by atoms with van der Waals surface area (Å²) in [5.74, 6) is -2.80. The zero-order valence-corrected chi connectivity index (χ0v) is 18.4. The van der Waals surface area contributed by atoms with Crippen molar-refractivity contribution in [2.75, 3.05) is 6.54 Å². The highest BCUT2D eigenvalue weighted by Gasteiger charge is 2.69. The van der Waals surface area contributed by atoms with Crippen molar-refractivity contribution in [2.24, 2.45) is 29.6 Å². The zero-order chi connectivity index (χ0) is 21.6. The Balaban J connectivity index is 1.45. The fraction of sp³-hybridized carbons (Fsp3) is 0.429. The first-order valence-electron chi connectivity index (χ1n) is 10.1. The van der Waals surface area contributed by atoms with Crippen LogP contribution in [0.15, 0.2) is 34.1 Å². The first-order valence-corrected chi connectivity index (χ1v) is 12.1. The van der Waals surface area contributed by atoms with Gasteiger partial charge in [0, 0.05) is 21.1 Å². The predicted octanol–water partition coefficient (Wildman–Crippen LogP) is 2.65. The Hall–Kier alpha value is -2.10. The molecule has 0 radical (unpaired) electrons. The van der Waals surface area contributed by atoms with E-state index in [1.807, 2.05) is 24.3 Å². The quantitative estimate of drug-likeness (QED) is 0.659. The molecule has 6 rings (SSSR count). The maximum absolute atomic E-state index is 13.1. The van der Waals surface area contributed by atoms with Gasteiger partial charge in [-0.3, -0.25) is 24.1 Å². The molecule has 2 amide bonds. The zero-order valence-electron chi connectivity index (χ0n) is 16.0. The average molecular weight is 477 g/mol. The number of aromatic nitrogens is 1. The van der Waals surface area contributed by atoms with Gasteiger partial charge in [0.05, 0.1) is 16.9 Å². The maximum atomic E-state index is 13.1. The molecule has 10 heteroatoms. The first kappa shape index (κ1) is 19.6. The van der Waals surface area contributed by atoms with Gasteiger partial charge in [0.2, 0.25) is 11.8 Å². The molecule has 1 aromatic heterocycles. The molecule has 0 spiro atoms. The number of carboxylic acid groups (broad SMARTS) is 1. The fourth-order valence-corrected chi connectivity index (χ4v) is 9.43. The molecular weight excluding hydrogens is 460 g/mol. The van der Waals surface area contributed by atoms with Gasteiger partial charge >= 0.3 is 10.8 Å². The van der Waals surface area contributed by atoms with Crippen molar-refractivity contribution in [3.63, 3.8) is 0 Å². The highest BCUT2D eigenvalue weighted by molar-refractivity contribution is 8.00. The third-order valence-electron chi connectivity index (χ3n) is 7.34. The Bertz CT molecular complexity index is 1190. The molecule has 3 fully saturated rings. The van der Waals surface area contributed by atoms with Crippen LogP contribution >= 0.6 is 34.7 Å². The van der Waals surface area contributed by atoms with Gasteiger partial charge in [-0.15, -0.1) is 11.8 Å². The lowest BCUT2D eigenvalue weighted by Crippen LogP contribution is -2.42. The lowest BCUT2D eigenvalue weighted by molar-refractivity contribution is -0.149. The summed E-state index contributed by atoms with van der Waals surface area (Å²) in [4.78, 5) is 54.3. The van der Waals surface area contributed by atoms with Crippen LogP contribution in [0, 0.1) is 29.6 Å². The number of H-pyrrole nitrogens is 1. The summed E-state index contributed by atoms with van der Waals surface area (Å²) in [6, 6.07) is 7.60. The van der Waals surface area contributed by atoms with Gasteiger partial charge in [0.15, 0.2) is 0 Å². The SMILES string of the molecule is O=C(O)CN1C(=O)[C@@H]2[C@H]3C[C@@H]([C@@H]2C1=O)[C@H]1[C@@H](c2ccc(Cl)cc2)c2sc(=O)[nH]c2S[C@H]31. The fourth-order valence-electron chi connectivity index (χ4n) is 6.41. The lowest BCUT2D eigenvalue weighted by atomic mass is 9.68. The molecule has 7 atom stereocenters. The van der Waals surface area contributed by atoms with Crippen molar-refractivity contribution < 1.29 is 19.5 Å². The van der Waals surface area contributed by atoms with Crippen molar-refractivity contribution in [2.45, 2.75) is 22.6 Å². The minimum atomic E-state index is -1.18. The number of fused-ring (bicyclic) bond motifs is 9. The van der Waals surface area contributed by atoms with E-state index in [1.54, 1.807) is 11.8 Å². The van der Waals surface area contributed by atoms with Gasteiger partial charge in [0.25, 0.3) is 0 Å². The number of aromatic amines is 1. The molecule has 2 bridgehead atoms. The molecule has 7 nitrogen and oxygen atoms in total. The highest BCUT2D eigenvalue weighted by atomic mass is 35.5. The molecule has 4 aliphatic rings. The van der Waals surface area contributed by atoms with Crippen LogP contribution in [0.25, 0.3) is 0 Å². The van der Waals surface area contributed by atoms with Gasteiger partial charge in [-0.2, -0.15) is 0 Å². The maximum Gasteiger partial charge on any atom is 0.323 e. The van der Waals surface area contributed by atoms with Crippen LogP contribution in [0.3, 0.4) is 0 Å². The average Bonchev–Trinajstić information content (AvgIpc) is 3.44. The molecule has 2 N–H and O–H groups in total. The summed E-state index contributed by atoms with van der Waals surface area (Å²) in [6.45, 7) is -0.576. The number of benzene rings is 1. The molecule has 1 saturated heterocycles. The van der Waals surface area contributed by atoms with E-state index >= 15 is 0 Å². The van der Waals surface area contributed by atoms with E-state index in [-0.39, 0.29) is 45.6 Å². The number of carbonyl (C=O) groups is 3. The normalized spacial score (nSPS) is 35.3. The van der Waals surface area contributed by atoms with Crippen LogP contribution < -0.4 is 4.87 Å². The van der Waals surface area contributed by atoms with Crippen molar-refractivity contribution in [3.05, 3.63) is 49.4 Å². The summed E-state index contributed by atoms with van der Waals surface area (Å²) in [5.41, 5.74) is 1.04. The van der Waals surface area contributed by atoms with E-state index in [1.165, 1.54) is 11.3 Å². The smallest absolute Gasteiger partial charge is 0.323 e. The second-order valence-electron chi connectivity index (χ2n) is 8.67. The number of hydrogen-bond donors (Lipinski definition) is 2. The topological polar surface area (TPSA) is 108 Å². The Morgan fingerprint density at radius 2 is 1.81 bits per heavy atom. The number of thioether (sulfide) groups is 1. The molecule has 0 unspecified atom stereocenters. The third kappa shape index (κ3) is 2.66. The van der Waals surface area contributed by atoms with E-state index in [9.17, 15) is 19.2 Å². The minimum Gasteiger partial charge on any atom is -0.480 e. The molecule has 31 heavy (non-hydrogen) atoms. The summed E-state index contributed by atoms with van der Waals surface area (Å²) in [5, 5.41) is 10.7. The summed E-state index contributed by atoms with van der Waals surface area (Å²) < 4.78 is 0. The van der Waals surface area contributed by atoms with Crippen molar-refractivity contribution in [1.29, 1.82) is 0 Å². The van der Waals surface area contributed by atoms with E-state index < -0.39 is 24.3 Å². The molecule has 3 heterocycles. The van der Waals surface area contributed by atoms with E-state index in [4.69, 9.17) is 16.7 Å². The number of halogens is 1. The Labute approximate surface area is 189 Å².